The molecule has 1 fully saturated rings. The predicted molar refractivity (Wildman–Crippen MR) is 45.6 cm³/mol. The molecule has 0 N–H and O–H groups in total. The molecule has 0 saturated heterocycles. The fourth-order valence-corrected chi connectivity index (χ4v) is 1.57. The van der Waals surface area contributed by atoms with Gasteiger partial charge in [0, 0.05) is 12.5 Å². The van der Waals surface area contributed by atoms with Gasteiger partial charge in [-0.2, -0.15) is 0 Å². The standard InChI is InChI=1S/C10H14O2/c11-9-5-6-12-10(7-9)4-3-8-1-2-8/h5-6,8,10H,1-4,7H2. The summed E-state index contributed by atoms with van der Waals surface area (Å²) in [6, 6.07) is 0. The van der Waals surface area contributed by atoms with E-state index >= 15 is 0 Å². The Morgan fingerprint density at radius 1 is 1.42 bits per heavy atom. The third-order valence-electron chi connectivity index (χ3n) is 2.55. The summed E-state index contributed by atoms with van der Waals surface area (Å²) < 4.78 is 5.33. The van der Waals surface area contributed by atoms with Gasteiger partial charge in [-0.3, -0.25) is 4.79 Å². The number of ether oxygens (including phenoxy) is 1. The van der Waals surface area contributed by atoms with Gasteiger partial charge < -0.3 is 4.74 Å². The van der Waals surface area contributed by atoms with E-state index in [4.69, 9.17) is 4.74 Å². The fraction of sp³-hybridized carbons (Fsp3) is 0.700. The SMILES string of the molecule is O=C1C=COC(CCC2CC2)C1. The summed E-state index contributed by atoms with van der Waals surface area (Å²) in [6.07, 6.45) is 8.89. The van der Waals surface area contributed by atoms with E-state index in [1.165, 1.54) is 25.3 Å². The van der Waals surface area contributed by atoms with Crippen molar-refractivity contribution in [2.45, 2.75) is 38.2 Å². The van der Waals surface area contributed by atoms with Gasteiger partial charge in [0.25, 0.3) is 0 Å². The van der Waals surface area contributed by atoms with Gasteiger partial charge in [0.15, 0.2) is 5.78 Å². The maximum absolute atomic E-state index is 11.0. The zero-order valence-corrected chi connectivity index (χ0v) is 7.16. The zero-order valence-electron chi connectivity index (χ0n) is 7.16. The molecule has 0 amide bonds. The molecule has 1 aliphatic carbocycles. The molecule has 1 heterocycles. The van der Waals surface area contributed by atoms with Crippen molar-refractivity contribution >= 4 is 5.78 Å². The summed E-state index contributed by atoms with van der Waals surface area (Å²) in [4.78, 5) is 11.0. The van der Waals surface area contributed by atoms with Crippen LogP contribution < -0.4 is 0 Å². The Kier molecular flexibility index (Phi) is 2.15. The van der Waals surface area contributed by atoms with Gasteiger partial charge in [0.2, 0.25) is 0 Å². The highest BCUT2D eigenvalue weighted by Crippen LogP contribution is 2.34. The summed E-state index contributed by atoms with van der Waals surface area (Å²) in [5.41, 5.74) is 0. The van der Waals surface area contributed by atoms with Crippen LogP contribution in [0.2, 0.25) is 0 Å². The number of carbonyl (C=O) groups excluding carboxylic acids is 1. The third-order valence-corrected chi connectivity index (χ3v) is 2.55. The number of hydrogen-bond donors (Lipinski definition) is 0. The molecule has 2 aliphatic rings. The highest BCUT2D eigenvalue weighted by Gasteiger charge is 2.24. The van der Waals surface area contributed by atoms with Crippen LogP contribution >= 0.6 is 0 Å². The average molecular weight is 166 g/mol. The molecule has 1 aliphatic heterocycles. The van der Waals surface area contributed by atoms with Crippen molar-refractivity contribution in [3.8, 4) is 0 Å². The second kappa shape index (κ2) is 3.30. The Morgan fingerprint density at radius 3 is 2.92 bits per heavy atom. The molecule has 0 spiro atoms. The predicted octanol–water partition coefficient (Wildman–Crippen LogP) is 2.05. The summed E-state index contributed by atoms with van der Waals surface area (Å²) in [5, 5.41) is 0. The summed E-state index contributed by atoms with van der Waals surface area (Å²) in [5.74, 6) is 1.15. The molecule has 0 aromatic rings. The minimum absolute atomic E-state index is 0.170. The Morgan fingerprint density at radius 2 is 2.25 bits per heavy atom. The lowest BCUT2D eigenvalue weighted by molar-refractivity contribution is -0.118. The first-order valence-corrected chi connectivity index (χ1v) is 4.69. The maximum Gasteiger partial charge on any atom is 0.162 e. The van der Waals surface area contributed by atoms with Crippen LogP contribution in [-0.2, 0) is 9.53 Å². The van der Waals surface area contributed by atoms with Gasteiger partial charge in [-0.15, -0.1) is 0 Å². The molecule has 0 radical (unpaired) electrons. The number of ketones is 1. The first-order chi connectivity index (χ1) is 5.84. The van der Waals surface area contributed by atoms with Crippen LogP contribution in [0.4, 0.5) is 0 Å². The van der Waals surface area contributed by atoms with E-state index in [1.54, 1.807) is 6.26 Å². The van der Waals surface area contributed by atoms with Crippen molar-refractivity contribution in [3.63, 3.8) is 0 Å². The van der Waals surface area contributed by atoms with Gasteiger partial charge >= 0.3 is 0 Å². The van der Waals surface area contributed by atoms with Crippen molar-refractivity contribution in [2.24, 2.45) is 5.92 Å². The lowest BCUT2D eigenvalue weighted by atomic mass is 10.0. The van der Waals surface area contributed by atoms with E-state index in [0.717, 1.165) is 12.3 Å². The third kappa shape index (κ3) is 2.10. The van der Waals surface area contributed by atoms with Crippen LogP contribution in [0, 0.1) is 5.92 Å². The molecular weight excluding hydrogens is 152 g/mol. The molecule has 0 aromatic carbocycles. The number of carbonyl (C=O) groups is 1. The smallest absolute Gasteiger partial charge is 0.162 e. The summed E-state index contributed by atoms with van der Waals surface area (Å²) >= 11 is 0. The van der Waals surface area contributed by atoms with Crippen LogP contribution in [0.25, 0.3) is 0 Å². The van der Waals surface area contributed by atoms with Crippen LogP contribution in [0.5, 0.6) is 0 Å². The first-order valence-electron chi connectivity index (χ1n) is 4.69. The number of hydrogen-bond acceptors (Lipinski definition) is 2. The summed E-state index contributed by atoms with van der Waals surface area (Å²) in [6.45, 7) is 0. The van der Waals surface area contributed by atoms with Crippen LogP contribution in [0.15, 0.2) is 12.3 Å². The van der Waals surface area contributed by atoms with E-state index in [0.29, 0.717) is 6.42 Å². The second-order valence-corrected chi connectivity index (χ2v) is 3.75. The minimum Gasteiger partial charge on any atom is -0.497 e. The van der Waals surface area contributed by atoms with Crippen molar-refractivity contribution in [1.29, 1.82) is 0 Å². The van der Waals surface area contributed by atoms with Crippen LogP contribution in [0.3, 0.4) is 0 Å². The molecule has 2 rings (SSSR count). The molecule has 12 heavy (non-hydrogen) atoms. The first kappa shape index (κ1) is 7.84. The van der Waals surface area contributed by atoms with E-state index in [2.05, 4.69) is 0 Å². The Labute approximate surface area is 72.6 Å². The Balaban J connectivity index is 1.72. The topological polar surface area (TPSA) is 26.3 Å². The normalized spacial score (nSPS) is 28.7. The van der Waals surface area contributed by atoms with Gasteiger partial charge in [-0.05, 0) is 18.8 Å². The Bertz CT molecular complexity index is 204. The lowest BCUT2D eigenvalue weighted by Gasteiger charge is -2.17. The molecule has 1 saturated carbocycles. The van der Waals surface area contributed by atoms with Crippen molar-refractivity contribution < 1.29 is 9.53 Å². The van der Waals surface area contributed by atoms with Crippen LogP contribution in [-0.4, -0.2) is 11.9 Å². The van der Waals surface area contributed by atoms with E-state index in [9.17, 15) is 4.79 Å². The molecular formula is C10H14O2. The highest BCUT2D eigenvalue weighted by molar-refractivity contribution is 5.90. The van der Waals surface area contributed by atoms with Gasteiger partial charge in [-0.25, -0.2) is 0 Å². The molecule has 1 unspecified atom stereocenters. The van der Waals surface area contributed by atoms with Gasteiger partial charge in [-0.1, -0.05) is 12.8 Å². The van der Waals surface area contributed by atoms with E-state index in [-0.39, 0.29) is 11.9 Å². The molecule has 66 valence electrons. The highest BCUT2D eigenvalue weighted by atomic mass is 16.5. The van der Waals surface area contributed by atoms with Gasteiger partial charge in [0.05, 0.1) is 6.26 Å². The molecule has 2 nitrogen and oxygen atoms in total. The van der Waals surface area contributed by atoms with E-state index in [1.807, 2.05) is 0 Å². The van der Waals surface area contributed by atoms with Crippen LogP contribution in [0.1, 0.15) is 32.1 Å². The van der Waals surface area contributed by atoms with Gasteiger partial charge in [0.1, 0.15) is 6.10 Å². The minimum atomic E-state index is 0.170. The largest absolute Gasteiger partial charge is 0.497 e. The quantitative estimate of drug-likeness (QED) is 0.641. The van der Waals surface area contributed by atoms with Crippen molar-refractivity contribution in [3.05, 3.63) is 12.3 Å². The van der Waals surface area contributed by atoms with E-state index < -0.39 is 0 Å². The molecule has 2 heteroatoms. The lowest BCUT2D eigenvalue weighted by Crippen LogP contribution is -2.18. The fourth-order valence-electron chi connectivity index (χ4n) is 1.57. The monoisotopic (exact) mass is 166 g/mol. The van der Waals surface area contributed by atoms with Crippen molar-refractivity contribution in [2.75, 3.05) is 0 Å². The Hall–Kier alpha value is -0.790. The average Bonchev–Trinajstić information content (AvgIpc) is 2.84. The molecule has 1 atom stereocenters. The van der Waals surface area contributed by atoms with Crippen molar-refractivity contribution in [1.82, 2.24) is 0 Å². The number of allylic oxidation sites excluding steroid dienone is 1. The summed E-state index contributed by atoms with van der Waals surface area (Å²) in [7, 11) is 0. The number of rotatable bonds is 3. The zero-order chi connectivity index (χ0) is 8.39. The second-order valence-electron chi connectivity index (χ2n) is 3.75. The molecule has 0 bridgehead atoms. The maximum atomic E-state index is 11.0. The molecule has 0 aromatic heterocycles.